The maximum Gasteiger partial charge on any atom is 0.173 e. The van der Waals surface area contributed by atoms with Gasteiger partial charge in [0.25, 0.3) is 0 Å². The highest BCUT2D eigenvalue weighted by molar-refractivity contribution is 7.37. The van der Waals surface area contributed by atoms with Gasteiger partial charge in [0.15, 0.2) is 7.83 Å². The molecule has 0 aromatic rings. The summed E-state index contributed by atoms with van der Waals surface area (Å²) in [5.41, 5.74) is 0. The molecule has 0 heterocycles. The Hall–Kier alpha value is 0.394. The maximum atomic E-state index is 6.36. The standard InChI is InChI=1S/C10H24OSi2/c1-12(2,3)13(4,5)11-10-8-6-7-9-10/h10H,6-9H2,1-5H3. The SMILES string of the molecule is C[Si](C)(C)[Si](C)(C)OC1CCCC1. The Bertz CT molecular complexity index is 166. The molecule has 0 saturated heterocycles. The van der Waals surface area contributed by atoms with Crippen LogP contribution in [-0.2, 0) is 4.43 Å². The zero-order valence-electron chi connectivity index (χ0n) is 9.81. The molecule has 0 aromatic carbocycles. The molecule has 0 radical (unpaired) electrons. The average molecular weight is 216 g/mol. The summed E-state index contributed by atoms with van der Waals surface area (Å²) in [5.74, 6) is 0. The van der Waals surface area contributed by atoms with Crippen molar-refractivity contribution in [3.8, 4) is 0 Å². The molecule has 1 rings (SSSR count). The molecule has 0 atom stereocenters. The van der Waals surface area contributed by atoms with Crippen LogP contribution in [-0.4, -0.2) is 21.5 Å². The fourth-order valence-electron chi connectivity index (χ4n) is 1.60. The van der Waals surface area contributed by atoms with Crippen LogP contribution < -0.4 is 0 Å². The van der Waals surface area contributed by atoms with Gasteiger partial charge in [-0.05, 0) is 25.9 Å². The van der Waals surface area contributed by atoms with Crippen LogP contribution in [0.3, 0.4) is 0 Å². The summed E-state index contributed by atoms with van der Waals surface area (Å²) in [7, 11) is -2.37. The van der Waals surface area contributed by atoms with Crippen molar-refractivity contribution in [1.29, 1.82) is 0 Å². The molecule has 1 nitrogen and oxygen atoms in total. The van der Waals surface area contributed by atoms with Crippen molar-refractivity contribution in [2.45, 2.75) is 64.5 Å². The minimum Gasteiger partial charge on any atom is -0.417 e. The molecule has 3 heteroatoms. The van der Waals surface area contributed by atoms with Gasteiger partial charge in [0, 0.05) is 6.10 Å². The molecule has 0 bridgehead atoms. The highest BCUT2D eigenvalue weighted by Crippen LogP contribution is 2.28. The van der Waals surface area contributed by atoms with E-state index in [1.807, 2.05) is 0 Å². The molecular weight excluding hydrogens is 192 g/mol. The van der Waals surface area contributed by atoms with Crippen molar-refractivity contribution < 1.29 is 4.43 Å². The van der Waals surface area contributed by atoms with Gasteiger partial charge in [0.1, 0.15) is 0 Å². The third-order valence-corrected chi connectivity index (χ3v) is 19.3. The summed E-state index contributed by atoms with van der Waals surface area (Å²) in [6, 6.07) is 0. The third-order valence-electron chi connectivity index (χ3n) is 3.57. The van der Waals surface area contributed by atoms with Crippen molar-refractivity contribution in [3.05, 3.63) is 0 Å². The lowest BCUT2D eigenvalue weighted by molar-refractivity contribution is 0.207. The molecule has 78 valence electrons. The molecule has 0 unspecified atom stereocenters. The van der Waals surface area contributed by atoms with Crippen LogP contribution in [0.4, 0.5) is 0 Å². The second kappa shape index (κ2) is 3.87. The normalized spacial score (nSPS) is 21.0. The van der Waals surface area contributed by atoms with Gasteiger partial charge in [-0.1, -0.05) is 32.5 Å². The molecule has 0 spiro atoms. The van der Waals surface area contributed by atoms with E-state index >= 15 is 0 Å². The minimum atomic E-state index is -1.33. The predicted octanol–water partition coefficient (Wildman–Crippen LogP) is 3.57. The number of hydrogen-bond donors (Lipinski definition) is 0. The van der Waals surface area contributed by atoms with Crippen molar-refractivity contribution in [1.82, 2.24) is 0 Å². The van der Waals surface area contributed by atoms with Gasteiger partial charge in [0.05, 0.1) is 7.59 Å². The van der Waals surface area contributed by atoms with E-state index in [4.69, 9.17) is 4.43 Å². The zero-order chi connectivity index (χ0) is 10.1. The first-order valence-electron chi connectivity index (χ1n) is 5.51. The molecular formula is C10H24OSi2. The lowest BCUT2D eigenvalue weighted by Crippen LogP contribution is -2.56. The highest BCUT2D eigenvalue weighted by Gasteiger charge is 2.40. The summed E-state index contributed by atoms with van der Waals surface area (Å²) < 4.78 is 6.36. The Morgan fingerprint density at radius 3 is 1.77 bits per heavy atom. The Morgan fingerprint density at radius 1 is 0.923 bits per heavy atom. The third kappa shape index (κ3) is 2.93. The van der Waals surface area contributed by atoms with Crippen LogP contribution in [0.1, 0.15) is 25.7 Å². The van der Waals surface area contributed by atoms with Gasteiger partial charge in [-0.15, -0.1) is 0 Å². The first-order valence-corrected chi connectivity index (χ1v) is 12.9. The van der Waals surface area contributed by atoms with E-state index in [2.05, 4.69) is 32.7 Å². The molecule has 0 amide bonds. The van der Waals surface area contributed by atoms with Crippen LogP contribution >= 0.6 is 0 Å². The highest BCUT2D eigenvalue weighted by atomic mass is 29.3. The lowest BCUT2D eigenvalue weighted by atomic mass is 10.3. The predicted molar refractivity (Wildman–Crippen MR) is 64.2 cm³/mol. The summed E-state index contributed by atoms with van der Waals surface area (Å²) >= 11 is 0. The number of hydrogen-bond acceptors (Lipinski definition) is 1. The first kappa shape index (κ1) is 11.5. The van der Waals surface area contributed by atoms with Crippen LogP contribution in [0, 0.1) is 0 Å². The minimum absolute atomic E-state index is 0.619. The molecule has 0 N–H and O–H groups in total. The molecule has 1 fully saturated rings. The Labute approximate surface area is 84.8 Å². The smallest absolute Gasteiger partial charge is 0.173 e. The van der Waals surface area contributed by atoms with Gasteiger partial charge in [-0.2, -0.15) is 0 Å². The fourth-order valence-corrected chi connectivity index (χ4v) is 4.58. The Balaban J connectivity index is 2.50. The van der Waals surface area contributed by atoms with Gasteiger partial charge >= 0.3 is 0 Å². The lowest BCUT2D eigenvalue weighted by Gasteiger charge is -2.37. The molecule has 13 heavy (non-hydrogen) atoms. The molecule has 1 saturated carbocycles. The summed E-state index contributed by atoms with van der Waals surface area (Å²) in [6.07, 6.45) is 6.04. The van der Waals surface area contributed by atoms with Crippen LogP contribution in [0.25, 0.3) is 0 Å². The summed E-state index contributed by atoms with van der Waals surface area (Å²) in [4.78, 5) is 0. The van der Waals surface area contributed by atoms with Crippen LogP contribution in [0.2, 0.25) is 32.7 Å². The van der Waals surface area contributed by atoms with E-state index in [0.29, 0.717) is 6.10 Å². The van der Waals surface area contributed by atoms with E-state index in [9.17, 15) is 0 Å². The monoisotopic (exact) mass is 216 g/mol. The summed E-state index contributed by atoms with van der Waals surface area (Å²) in [5, 5.41) is 0. The van der Waals surface area contributed by atoms with Gasteiger partial charge in [0.2, 0.25) is 0 Å². The number of rotatable bonds is 3. The van der Waals surface area contributed by atoms with Crippen LogP contribution in [0.5, 0.6) is 0 Å². The van der Waals surface area contributed by atoms with Gasteiger partial charge in [-0.25, -0.2) is 0 Å². The van der Waals surface area contributed by atoms with E-state index in [-0.39, 0.29) is 0 Å². The largest absolute Gasteiger partial charge is 0.417 e. The summed E-state index contributed by atoms with van der Waals surface area (Å²) in [6.45, 7) is 12.2. The van der Waals surface area contributed by atoms with Crippen molar-refractivity contribution in [2.24, 2.45) is 0 Å². The quantitative estimate of drug-likeness (QED) is 0.656. The van der Waals surface area contributed by atoms with Crippen LogP contribution in [0.15, 0.2) is 0 Å². The van der Waals surface area contributed by atoms with Gasteiger partial charge in [-0.3, -0.25) is 0 Å². The Kier molecular flexibility index (Phi) is 3.41. The topological polar surface area (TPSA) is 9.23 Å². The fraction of sp³-hybridized carbons (Fsp3) is 1.00. The second-order valence-electron chi connectivity index (χ2n) is 5.78. The molecule has 0 aliphatic heterocycles. The van der Waals surface area contributed by atoms with Crippen molar-refractivity contribution in [3.63, 3.8) is 0 Å². The van der Waals surface area contributed by atoms with E-state index in [0.717, 1.165) is 0 Å². The van der Waals surface area contributed by atoms with Crippen molar-refractivity contribution in [2.75, 3.05) is 0 Å². The first-order chi connectivity index (χ1) is 5.83. The zero-order valence-corrected chi connectivity index (χ0v) is 11.8. The maximum absolute atomic E-state index is 6.36. The average Bonchev–Trinajstić information content (AvgIpc) is 2.35. The molecule has 0 aromatic heterocycles. The van der Waals surface area contributed by atoms with Crippen molar-refractivity contribution >= 4 is 15.4 Å². The van der Waals surface area contributed by atoms with Gasteiger partial charge < -0.3 is 4.43 Å². The molecule has 1 aliphatic rings. The second-order valence-corrected chi connectivity index (χ2v) is 21.7. The van der Waals surface area contributed by atoms with E-state index in [1.165, 1.54) is 25.7 Å². The molecule has 1 aliphatic carbocycles. The van der Waals surface area contributed by atoms with E-state index < -0.39 is 15.4 Å². The van der Waals surface area contributed by atoms with E-state index in [1.54, 1.807) is 0 Å². The Morgan fingerprint density at radius 2 is 1.38 bits per heavy atom.